The molecule has 1 fully saturated rings. The van der Waals surface area contributed by atoms with Gasteiger partial charge in [-0.3, -0.25) is 4.79 Å². The zero-order valence-corrected chi connectivity index (χ0v) is 18.6. The molecule has 0 spiro atoms. The number of hydrogen-bond acceptors (Lipinski definition) is 4. The van der Waals surface area contributed by atoms with Crippen molar-refractivity contribution >= 4 is 27.5 Å². The van der Waals surface area contributed by atoms with Gasteiger partial charge in [-0.15, -0.1) is 0 Å². The van der Waals surface area contributed by atoms with Gasteiger partial charge in [0.05, 0.1) is 23.6 Å². The topological polar surface area (TPSA) is 75.7 Å². The summed E-state index contributed by atoms with van der Waals surface area (Å²) in [4.78, 5) is 12.7. The van der Waals surface area contributed by atoms with Crippen LogP contribution >= 0.6 is 11.6 Å². The quantitative estimate of drug-likeness (QED) is 0.659. The molecule has 0 bridgehead atoms. The molecule has 2 aromatic carbocycles. The van der Waals surface area contributed by atoms with Crippen molar-refractivity contribution in [1.29, 1.82) is 0 Å². The summed E-state index contributed by atoms with van der Waals surface area (Å²) in [5.41, 5.74) is 0.958. The minimum Gasteiger partial charge on any atom is -0.495 e. The van der Waals surface area contributed by atoms with E-state index in [-0.39, 0.29) is 28.4 Å². The highest BCUT2D eigenvalue weighted by Crippen LogP contribution is 2.31. The predicted molar refractivity (Wildman–Crippen MR) is 117 cm³/mol. The van der Waals surface area contributed by atoms with Crippen LogP contribution in [0.25, 0.3) is 0 Å². The Morgan fingerprint density at radius 2 is 1.83 bits per heavy atom. The normalized spacial score (nSPS) is 15.2. The first-order valence-corrected chi connectivity index (χ1v) is 11.9. The number of carbonyl (C=O) groups is 1. The molecule has 1 saturated carbocycles. The summed E-state index contributed by atoms with van der Waals surface area (Å²) in [7, 11) is -2.42. The van der Waals surface area contributed by atoms with Gasteiger partial charge in [-0.25, -0.2) is 8.42 Å². The smallest absolute Gasteiger partial charge is 0.243 e. The molecule has 30 heavy (non-hydrogen) atoms. The van der Waals surface area contributed by atoms with Gasteiger partial charge in [-0.1, -0.05) is 61.2 Å². The lowest BCUT2D eigenvalue weighted by atomic mass is 9.95. The Balaban J connectivity index is 1.80. The summed E-state index contributed by atoms with van der Waals surface area (Å²) < 4.78 is 33.3. The Morgan fingerprint density at radius 3 is 2.47 bits per heavy atom. The van der Waals surface area contributed by atoms with Gasteiger partial charge in [-0.05, 0) is 36.6 Å². The third kappa shape index (κ3) is 5.53. The van der Waals surface area contributed by atoms with Gasteiger partial charge in [-0.2, -0.15) is 4.31 Å². The number of ether oxygens (including phenoxy) is 1. The van der Waals surface area contributed by atoms with E-state index in [1.165, 1.54) is 29.6 Å². The first-order valence-electron chi connectivity index (χ1n) is 10.1. The third-order valence-corrected chi connectivity index (χ3v) is 7.53. The number of halogens is 1. The minimum atomic E-state index is -3.89. The molecular weight excluding hydrogens is 424 g/mol. The maximum absolute atomic E-state index is 13.4. The molecule has 1 amide bonds. The van der Waals surface area contributed by atoms with E-state index < -0.39 is 10.0 Å². The van der Waals surface area contributed by atoms with Crippen molar-refractivity contribution in [3.8, 4) is 5.75 Å². The molecule has 1 aliphatic rings. The third-order valence-electron chi connectivity index (χ3n) is 5.34. The highest BCUT2D eigenvalue weighted by molar-refractivity contribution is 7.89. The second-order valence-electron chi connectivity index (χ2n) is 7.40. The molecule has 8 heteroatoms. The molecule has 0 unspecified atom stereocenters. The van der Waals surface area contributed by atoms with E-state index in [0.29, 0.717) is 12.3 Å². The van der Waals surface area contributed by atoms with Crippen molar-refractivity contribution in [3.05, 3.63) is 59.1 Å². The van der Waals surface area contributed by atoms with E-state index in [4.69, 9.17) is 16.3 Å². The summed E-state index contributed by atoms with van der Waals surface area (Å²) in [6.45, 7) is 0.135. The van der Waals surface area contributed by atoms with E-state index in [9.17, 15) is 13.2 Å². The molecule has 162 valence electrons. The number of amides is 1. The lowest BCUT2D eigenvalue weighted by Crippen LogP contribution is -2.46. The van der Waals surface area contributed by atoms with E-state index in [0.717, 1.165) is 37.7 Å². The predicted octanol–water partition coefficient (Wildman–Crippen LogP) is 3.99. The van der Waals surface area contributed by atoms with Crippen LogP contribution in [-0.2, 0) is 21.4 Å². The maximum atomic E-state index is 13.4. The van der Waals surface area contributed by atoms with Crippen molar-refractivity contribution in [3.63, 3.8) is 0 Å². The fourth-order valence-corrected chi connectivity index (χ4v) is 5.71. The average molecular weight is 451 g/mol. The minimum absolute atomic E-state index is 0.0646. The van der Waals surface area contributed by atoms with E-state index in [2.05, 4.69) is 5.32 Å². The number of benzene rings is 2. The van der Waals surface area contributed by atoms with Crippen molar-refractivity contribution in [2.24, 2.45) is 0 Å². The van der Waals surface area contributed by atoms with Gasteiger partial charge >= 0.3 is 0 Å². The summed E-state index contributed by atoms with van der Waals surface area (Å²) >= 11 is 6.16. The SMILES string of the molecule is COc1ccc(S(=O)(=O)N(CC(=O)NCc2ccccc2)C2CCCCC2)cc1Cl. The molecule has 0 radical (unpaired) electrons. The summed E-state index contributed by atoms with van der Waals surface area (Å²) in [5, 5.41) is 3.05. The molecular formula is C22H27ClN2O4S. The van der Waals surface area contributed by atoms with Gasteiger partial charge in [0, 0.05) is 12.6 Å². The van der Waals surface area contributed by atoms with Crippen molar-refractivity contribution < 1.29 is 17.9 Å². The highest BCUT2D eigenvalue weighted by Gasteiger charge is 2.34. The van der Waals surface area contributed by atoms with Gasteiger partial charge in [0.25, 0.3) is 0 Å². The number of hydrogen-bond donors (Lipinski definition) is 1. The lowest BCUT2D eigenvalue weighted by Gasteiger charge is -2.33. The van der Waals surface area contributed by atoms with Gasteiger partial charge in [0.2, 0.25) is 15.9 Å². The van der Waals surface area contributed by atoms with Crippen molar-refractivity contribution in [1.82, 2.24) is 9.62 Å². The maximum Gasteiger partial charge on any atom is 0.243 e. The molecule has 3 rings (SSSR count). The van der Waals surface area contributed by atoms with Crippen LogP contribution < -0.4 is 10.1 Å². The van der Waals surface area contributed by atoms with Crippen molar-refractivity contribution in [2.75, 3.05) is 13.7 Å². The molecule has 0 saturated heterocycles. The van der Waals surface area contributed by atoms with Crippen LogP contribution in [0.1, 0.15) is 37.7 Å². The number of rotatable bonds is 8. The Labute approximate surface area is 183 Å². The van der Waals surface area contributed by atoms with Crippen LogP contribution in [0.3, 0.4) is 0 Å². The fourth-order valence-electron chi connectivity index (χ4n) is 3.72. The first kappa shape index (κ1) is 22.6. The molecule has 0 atom stereocenters. The number of methoxy groups -OCH3 is 1. The summed E-state index contributed by atoms with van der Waals surface area (Å²) in [6.07, 6.45) is 4.47. The first-order chi connectivity index (χ1) is 14.4. The molecule has 0 aliphatic heterocycles. The number of nitrogens with one attached hydrogen (secondary N) is 1. The van der Waals surface area contributed by atoms with E-state index in [1.807, 2.05) is 30.3 Å². The molecule has 1 N–H and O–H groups in total. The zero-order chi connectivity index (χ0) is 21.6. The zero-order valence-electron chi connectivity index (χ0n) is 17.0. The standard InChI is InChI=1S/C22H27ClN2O4S/c1-29-21-13-12-19(14-20(21)23)30(27,28)25(18-10-6-3-7-11-18)16-22(26)24-15-17-8-4-2-5-9-17/h2,4-5,8-9,12-14,18H,3,6-7,10-11,15-16H2,1H3,(H,24,26). The second-order valence-corrected chi connectivity index (χ2v) is 9.70. The average Bonchev–Trinajstić information content (AvgIpc) is 2.77. The Hall–Kier alpha value is -2.09. The van der Waals surface area contributed by atoms with Crippen LogP contribution in [0.5, 0.6) is 5.75 Å². The summed E-state index contributed by atoms with van der Waals surface area (Å²) in [6, 6.07) is 13.7. The van der Waals surface area contributed by atoms with Gasteiger partial charge in [0.15, 0.2) is 0 Å². The summed E-state index contributed by atoms with van der Waals surface area (Å²) in [5.74, 6) is 0.0769. The second kappa shape index (κ2) is 10.3. The number of sulfonamides is 1. The lowest BCUT2D eigenvalue weighted by molar-refractivity contribution is -0.121. The largest absolute Gasteiger partial charge is 0.495 e. The van der Waals surface area contributed by atoms with Crippen LogP contribution in [0.4, 0.5) is 0 Å². The van der Waals surface area contributed by atoms with Crippen LogP contribution in [0, 0.1) is 0 Å². The molecule has 6 nitrogen and oxygen atoms in total. The Morgan fingerprint density at radius 1 is 1.13 bits per heavy atom. The van der Waals surface area contributed by atoms with Crippen LogP contribution in [-0.4, -0.2) is 38.3 Å². The fraction of sp³-hybridized carbons (Fsp3) is 0.409. The number of nitrogens with zero attached hydrogens (tertiary/aromatic N) is 1. The molecule has 2 aromatic rings. The molecule has 1 aliphatic carbocycles. The Bertz CT molecular complexity index is 960. The highest BCUT2D eigenvalue weighted by atomic mass is 35.5. The van der Waals surface area contributed by atoms with Crippen molar-refractivity contribution in [2.45, 2.75) is 49.6 Å². The Kier molecular flexibility index (Phi) is 7.75. The van der Waals surface area contributed by atoms with Gasteiger partial charge < -0.3 is 10.1 Å². The molecule has 0 heterocycles. The monoisotopic (exact) mass is 450 g/mol. The van der Waals surface area contributed by atoms with E-state index in [1.54, 1.807) is 0 Å². The van der Waals surface area contributed by atoms with Crippen LogP contribution in [0.15, 0.2) is 53.4 Å². The number of carbonyl (C=O) groups excluding carboxylic acids is 1. The van der Waals surface area contributed by atoms with E-state index >= 15 is 0 Å². The van der Waals surface area contributed by atoms with Gasteiger partial charge in [0.1, 0.15) is 5.75 Å². The van der Waals surface area contributed by atoms with Crippen LogP contribution in [0.2, 0.25) is 5.02 Å². The molecule has 0 aromatic heterocycles.